The van der Waals surface area contributed by atoms with Crippen LogP contribution in [0.4, 0.5) is 0 Å². The van der Waals surface area contributed by atoms with Crippen molar-refractivity contribution in [3.8, 4) is 0 Å². The zero-order chi connectivity index (χ0) is 10.8. The van der Waals surface area contributed by atoms with Crippen LogP contribution in [0.3, 0.4) is 0 Å². The van der Waals surface area contributed by atoms with E-state index in [1.165, 1.54) is 0 Å². The Morgan fingerprint density at radius 2 is 1.79 bits per heavy atom. The highest BCUT2D eigenvalue weighted by molar-refractivity contribution is 9.10. The molecule has 0 fully saturated rings. The number of aliphatic hydroxyl groups excluding tert-OH is 1. The summed E-state index contributed by atoms with van der Waals surface area (Å²) in [5, 5.41) is 9.06. The third-order valence-corrected chi connectivity index (χ3v) is 3.05. The molecule has 0 radical (unpaired) electrons. The summed E-state index contributed by atoms with van der Waals surface area (Å²) in [4.78, 5) is 0. The fourth-order valence-electron chi connectivity index (χ4n) is 0.927. The van der Waals surface area contributed by atoms with Crippen LogP contribution in [0, 0.1) is 0 Å². The molecule has 0 amide bonds. The summed E-state index contributed by atoms with van der Waals surface area (Å²) >= 11 is 3.22. The van der Waals surface area contributed by atoms with Crippen LogP contribution in [-0.2, 0) is 16.5 Å². The predicted molar refractivity (Wildman–Crippen MR) is 55.4 cm³/mol. The Morgan fingerprint density at radius 1 is 1.29 bits per heavy atom. The van der Waals surface area contributed by atoms with Gasteiger partial charge < -0.3 is 5.11 Å². The van der Waals surface area contributed by atoms with Crippen molar-refractivity contribution in [1.82, 2.24) is 0 Å². The van der Waals surface area contributed by atoms with Crippen molar-refractivity contribution in [1.29, 1.82) is 0 Å². The standard InChI is InChI=1S/C8H9BrO4S/c9-7-3-1-6(2-4-7)5-8(10)14(11,12)13/h1-4,8,10H,5H2,(H,11,12,13). The number of halogens is 1. The third-order valence-electron chi connectivity index (χ3n) is 1.67. The summed E-state index contributed by atoms with van der Waals surface area (Å²) in [7, 11) is -4.37. The molecule has 78 valence electrons. The quantitative estimate of drug-likeness (QED) is 0.816. The molecule has 1 aromatic carbocycles. The molecule has 14 heavy (non-hydrogen) atoms. The van der Waals surface area contributed by atoms with E-state index in [2.05, 4.69) is 15.9 Å². The number of hydrogen-bond donors (Lipinski definition) is 2. The van der Waals surface area contributed by atoms with E-state index in [1.54, 1.807) is 24.3 Å². The Morgan fingerprint density at radius 3 is 2.21 bits per heavy atom. The van der Waals surface area contributed by atoms with E-state index >= 15 is 0 Å². The van der Waals surface area contributed by atoms with Gasteiger partial charge in [0.15, 0.2) is 5.44 Å². The lowest BCUT2D eigenvalue weighted by Gasteiger charge is -2.06. The lowest BCUT2D eigenvalue weighted by Crippen LogP contribution is -2.22. The minimum atomic E-state index is -4.37. The highest BCUT2D eigenvalue weighted by Gasteiger charge is 2.19. The summed E-state index contributed by atoms with van der Waals surface area (Å²) in [6.45, 7) is 0. The zero-order valence-corrected chi connectivity index (χ0v) is 9.49. The number of benzene rings is 1. The maximum atomic E-state index is 10.5. The number of rotatable bonds is 3. The van der Waals surface area contributed by atoms with E-state index in [0.717, 1.165) is 4.47 Å². The molecule has 1 aromatic rings. The highest BCUT2D eigenvalue weighted by atomic mass is 79.9. The molecule has 0 spiro atoms. The van der Waals surface area contributed by atoms with Gasteiger partial charge in [-0.05, 0) is 17.7 Å². The average Bonchev–Trinajstić information content (AvgIpc) is 2.07. The summed E-state index contributed by atoms with van der Waals surface area (Å²) < 4.78 is 30.4. The summed E-state index contributed by atoms with van der Waals surface area (Å²) in [6.07, 6.45) is -0.119. The smallest absolute Gasteiger partial charge is 0.292 e. The van der Waals surface area contributed by atoms with Gasteiger partial charge in [0, 0.05) is 10.9 Å². The van der Waals surface area contributed by atoms with E-state index in [0.29, 0.717) is 5.56 Å². The van der Waals surface area contributed by atoms with Gasteiger partial charge in [0.25, 0.3) is 10.1 Å². The molecule has 1 unspecified atom stereocenters. The Bertz CT molecular complexity index is 398. The summed E-state index contributed by atoms with van der Waals surface area (Å²) in [6, 6.07) is 6.79. The van der Waals surface area contributed by atoms with E-state index in [1.807, 2.05) is 0 Å². The minimum absolute atomic E-state index is 0.119. The van der Waals surface area contributed by atoms with Gasteiger partial charge in [-0.15, -0.1) is 0 Å². The van der Waals surface area contributed by atoms with Crippen LogP contribution in [0.5, 0.6) is 0 Å². The largest absolute Gasteiger partial charge is 0.375 e. The summed E-state index contributed by atoms with van der Waals surface area (Å²) in [5.74, 6) is 0. The fourth-order valence-corrected chi connectivity index (χ4v) is 1.59. The van der Waals surface area contributed by atoms with E-state index in [9.17, 15) is 8.42 Å². The maximum absolute atomic E-state index is 10.5. The van der Waals surface area contributed by atoms with Crippen molar-refractivity contribution in [2.24, 2.45) is 0 Å². The van der Waals surface area contributed by atoms with Crippen LogP contribution in [0.1, 0.15) is 5.56 Å². The van der Waals surface area contributed by atoms with Gasteiger partial charge in [-0.3, -0.25) is 4.55 Å². The molecule has 0 aromatic heterocycles. The molecule has 0 bridgehead atoms. The van der Waals surface area contributed by atoms with Gasteiger partial charge in [-0.1, -0.05) is 28.1 Å². The van der Waals surface area contributed by atoms with Crippen molar-refractivity contribution in [3.05, 3.63) is 34.3 Å². The first-order valence-corrected chi connectivity index (χ1v) is 6.08. The van der Waals surface area contributed by atoms with Gasteiger partial charge in [0.1, 0.15) is 0 Å². The van der Waals surface area contributed by atoms with Gasteiger partial charge in [-0.2, -0.15) is 8.42 Å². The van der Waals surface area contributed by atoms with Crippen molar-refractivity contribution in [3.63, 3.8) is 0 Å². The SMILES string of the molecule is O=S(=O)(O)C(O)Cc1ccc(Br)cc1. The Labute approximate surface area is 90.5 Å². The number of aliphatic hydroxyl groups is 1. The molecular formula is C8H9BrO4S. The molecule has 1 rings (SSSR count). The highest BCUT2D eigenvalue weighted by Crippen LogP contribution is 2.13. The van der Waals surface area contributed by atoms with Crippen LogP contribution in [0.25, 0.3) is 0 Å². The fraction of sp³-hybridized carbons (Fsp3) is 0.250. The second-order valence-electron chi connectivity index (χ2n) is 2.80. The maximum Gasteiger partial charge on any atom is 0.292 e. The van der Waals surface area contributed by atoms with E-state index < -0.39 is 15.6 Å². The lowest BCUT2D eigenvalue weighted by molar-refractivity contribution is 0.234. The first kappa shape index (κ1) is 11.6. The molecular weight excluding hydrogens is 272 g/mol. The Hall–Kier alpha value is -0.430. The van der Waals surface area contributed by atoms with E-state index in [-0.39, 0.29) is 6.42 Å². The molecule has 2 N–H and O–H groups in total. The monoisotopic (exact) mass is 280 g/mol. The molecule has 0 saturated carbocycles. The predicted octanol–water partition coefficient (Wildman–Crippen LogP) is 1.20. The third kappa shape index (κ3) is 3.38. The van der Waals surface area contributed by atoms with Crippen molar-refractivity contribution in [2.45, 2.75) is 11.9 Å². The zero-order valence-electron chi connectivity index (χ0n) is 7.09. The molecule has 0 saturated heterocycles. The van der Waals surface area contributed by atoms with Crippen molar-refractivity contribution < 1.29 is 18.1 Å². The van der Waals surface area contributed by atoms with Gasteiger partial charge >= 0.3 is 0 Å². The molecule has 0 heterocycles. The van der Waals surface area contributed by atoms with Crippen molar-refractivity contribution in [2.75, 3.05) is 0 Å². The molecule has 0 aliphatic carbocycles. The topological polar surface area (TPSA) is 74.6 Å². The number of hydrogen-bond acceptors (Lipinski definition) is 3. The normalized spacial score (nSPS) is 13.9. The van der Waals surface area contributed by atoms with Crippen LogP contribution in [0.15, 0.2) is 28.7 Å². The molecule has 1 atom stereocenters. The average molecular weight is 281 g/mol. The Balaban J connectivity index is 2.75. The van der Waals surface area contributed by atoms with Crippen molar-refractivity contribution >= 4 is 26.0 Å². The molecule has 4 nitrogen and oxygen atoms in total. The lowest BCUT2D eigenvalue weighted by atomic mass is 10.2. The first-order valence-electron chi connectivity index (χ1n) is 3.78. The van der Waals surface area contributed by atoms with Gasteiger partial charge in [-0.25, -0.2) is 0 Å². The summed E-state index contributed by atoms with van der Waals surface area (Å²) in [5.41, 5.74) is -1.12. The van der Waals surface area contributed by atoms with Gasteiger partial charge in [0.05, 0.1) is 0 Å². The van der Waals surface area contributed by atoms with E-state index in [4.69, 9.17) is 9.66 Å². The Kier molecular flexibility index (Phi) is 3.65. The molecule has 0 aliphatic heterocycles. The van der Waals surface area contributed by atoms with Crippen LogP contribution in [0.2, 0.25) is 0 Å². The molecule has 0 aliphatic rings. The second kappa shape index (κ2) is 4.39. The second-order valence-corrected chi connectivity index (χ2v) is 5.29. The van der Waals surface area contributed by atoms with Crippen LogP contribution < -0.4 is 0 Å². The van der Waals surface area contributed by atoms with Crippen LogP contribution >= 0.6 is 15.9 Å². The first-order chi connectivity index (χ1) is 6.39. The minimum Gasteiger partial charge on any atom is -0.375 e. The molecule has 6 heteroatoms. The van der Waals surface area contributed by atoms with Crippen LogP contribution in [-0.4, -0.2) is 23.5 Å². The van der Waals surface area contributed by atoms with Gasteiger partial charge in [0.2, 0.25) is 0 Å².